The molecule has 0 aliphatic carbocycles. The third kappa shape index (κ3) is 5.55. The van der Waals surface area contributed by atoms with Crippen molar-refractivity contribution < 1.29 is 4.90 Å². The van der Waals surface area contributed by atoms with Gasteiger partial charge >= 0.3 is 0 Å². The summed E-state index contributed by atoms with van der Waals surface area (Å²) >= 11 is 5.51. The average molecular weight is 357 g/mol. The molecule has 2 aromatic carbocycles. The predicted octanol–water partition coefficient (Wildman–Crippen LogP) is 3.26. The van der Waals surface area contributed by atoms with Crippen LogP contribution in [0.25, 0.3) is 0 Å². The second kappa shape index (κ2) is 9.54. The van der Waals surface area contributed by atoms with E-state index in [2.05, 4.69) is 86.9 Å². The van der Waals surface area contributed by atoms with Crippen molar-refractivity contribution in [2.75, 3.05) is 25.0 Å². The van der Waals surface area contributed by atoms with Crippen LogP contribution in [0.2, 0.25) is 0 Å². The van der Waals surface area contributed by atoms with Gasteiger partial charge in [0.25, 0.3) is 0 Å². The summed E-state index contributed by atoms with van der Waals surface area (Å²) in [4.78, 5) is 1.55. The van der Waals surface area contributed by atoms with Gasteiger partial charge in [0.1, 0.15) is 6.04 Å². The largest absolute Gasteiger partial charge is 0.356 e. The molecule has 2 rings (SSSR count). The van der Waals surface area contributed by atoms with Crippen LogP contribution < -0.4 is 15.5 Å². The third-order valence-electron chi connectivity index (χ3n) is 4.83. The standard InChI is InChI=1S/C21H29N3S/c1-5-24(6-2)20(18-10-8-7-9-11-18)15-22-21(25)23-19-13-12-16(3)17(4)14-19/h7-14,20H,5-6,15H2,1-4H3,(H2,22,23,25)/p+1/t20-/m0/s1. The maximum absolute atomic E-state index is 5.51. The first-order valence-corrected chi connectivity index (χ1v) is 9.47. The summed E-state index contributed by atoms with van der Waals surface area (Å²) < 4.78 is 0. The Morgan fingerprint density at radius 2 is 1.68 bits per heavy atom. The number of quaternary nitrogens is 1. The second-order valence-electron chi connectivity index (χ2n) is 6.46. The molecule has 25 heavy (non-hydrogen) atoms. The van der Waals surface area contributed by atoms with Gasteiger partial charge in [-0.3, -0.25) is 0 Å². The van der Waals surface area contributed by atoms with Gasteiger partial charge in [-0.25, -0.2) is 0 Å². The molecule has 0 aliphatic rings. The highest BCUT2D eigenvalue weighted by Crippen LogP contribution is 2.14. The van der Waals surface area contributed by atoms with Crippen LogP contribution >= 0.6 is 12.2 Å². The van der Waals surface area contributed by atoms with Crippen molar-refractivity contribution in [3.8, 4) is 0 Å². The average Bonchev–Trinajstić information content (AvgIpc) is 2.62. The lowest BCUT2D eigenvalue weighted by Gasteiger charge is -2.27. The molecule has 0 heterocycles. The maximum atomic E-state index is 5.51. The molecule has 134 valence electrons. The van der Waals surface area contributed by atoms with E-state index in [9.17, 15) is 0 Å². The molecule has 0 saturated carbocycles. The minimum atomic E-state index is 0.385. The SMILES string of the molecule is CC[NH+](CC)[C@@H](CNC(=S)Nc1ccc(C)c(C)c1)c1ccccc1. The lowest BCUT2D eigenvalue weighted by Crippen LogP contribution is -3.12. The quantitative estimate of drug-likeness (QED) is 0.665. The summed E-state index contributed by atoms with van der Waals surface area (Å²) in [5, 5.41) is 7.39. The van der Waals surface area contributed by atoms with Crippen LogP contribution in [0, 0.1) is 13.8 Å². The van der Waals surface area contributed by atoms with Crippen LogP contribution in [0.5, 0.6) is 0 Å². The highest BCUT2D eigenvalue weighted by Gasteiger charge is 2.21. The Morgan fingerprint density at radius 3 is 2.28 bits per heavy atom. The zero-order valence-electron chi connectivity index (χ0n) is 15.7. The highest BCUT2D eigenvalue weighted by atomic mass is 32.1. The van der Waals surface area contributed by atoms with Crippen molar-refractivity contribution in [1.29, 1.82) is 0 Å². The first-order chi connectivity index (χ1) is 12.0. The summed E-state index contributed by atoms with van der Waals surface area (Å²) in [5.41, 5.74) is 4.94. The van der Waals surface area contributed by atoms with Crippen LogP contribution in [0.1, 0.15) is 36.6 Å². The lowest BCUT2D eigenvalue weighted by molar-refractivity contribution is -0.927. The molecule has 0 saturated heterocycles. The van der Waals surface area contributed by atoms with Crippen LogP contribution in [0.3, 0.4) is 0 Å². The van der Waals surface area contributed by atoms with Crippen molar-refractivity contribution in [3.63, 3.8) is 0 Å². The van der Waals surface area contributed by atoms with E-state index >= 15 is 0 Å². The Balaban J connectivity index is 2.01. The molecular formula is C21H30N3S+. The number of anilines is 1. The monoisotopic (exact) mass is 356 g/mol. The normalized spacial score (nSPS) is 12.0. The Kier molecular flexibility index (Phi) is 7.41. The number of likely N-dealkylation sites (N-methyl/N-ethyl adjacent to an activating group) is 1. The van der Waals surface area contributed by atoms with Gasteiger partial charge in [0.2, 0.25) is 0 Å². The molecule has 3 nitrogen and oxygen atoms in total. The Bertz CT molecular complexity index is 681. The molecule has 4 heteroatoms. The fourth-order valence-corrected chi connectivity index (χ4v) is 3.32. The van der Waals surface area contributed by atoms with E-state index < -0.39 is 0 Å². The minimum absolute atomic E-state index is 0.385. The highest BCUT2D eigenvalue weighted by molar-refractivity contribution is 7.80. The van der Waals surface area contributed by atoms with Crippen molar-refractivity contribution >= 4 is 23.0 Å². The number of rotatable bonds is 7. The zero-order valence-corrected chi connectivity index (χ0v) is 16.5. The van der Waals surface area contributed by atoms with E-state index in [0.29, 0.717) is 11.2 Å². The molecule has 1 atom stereocenters. The maximum Gasteiger partial charge on any atom is 0.171 e. The van der Waals surface area contributed by atoms with Gasteiger partial charge in [0.15, 0.2) is 5.11 Å². The lowest BCUT2D eigenvalue weighted by atomic mass is 10.1. The molecule has 0 fully saturated rings. The molecule has 3 N–H and O–H groups in total. The van der Waals surface area contributed by atoms with Gasteiger partial charge in [-0.2, -0.15) is 0 Å². The van der Waals surface area contributed by atoms with Gasteiger partial charge in [-0.05, 0) is 63.2 Å². The summed E-state index contributed by atoms with van der Waals surface area (Å²) in [6.45, 7) is 11.7. The van der Waals surface area contributed by atoms with Gasteiger partial charge in [-0.1, -0.05) is 36.4 Å². The minimum Gasteiger partial charge on any atom is -0.356 e. The van der Waals surface area contributed by atoms with E-state index in [4.69, 9.17) is 12.2 Å². The summed E-state index contributed by atoms with van der Waals surface area (Å²) in [5.74, 6) is 0. The number of thiocarbonyl (C=S) groups is 1. The molecule has 0 aliphatic heterocycles. The Hall–Kier alpha value is -1.91. The number of benzene rings is 2. The Morgan fingerprint density at radius 1 is 1.00 bits per heavy atom. The Labute approximate surface area is 157 Å². The van der Waals surface area contributed by atoms with Crippen LogP contribution in [-0.2, 0) is 0 Å². The third-order valence-corrected chi connectivity index (χ3v) is 5.08. The topological polar surface area (TPSA) is 28.5 Å². The van der Waals surface area contributed by atoms with Gasteiger partial charge < -0.3 is 15.5 Å². The van der Waals surface area contributed by atoms with Crippen molar-refractivity contribution in [1.82, 2.24) is 5.32 Å². The van der Waals surface area contributed by atoms with E-state index in [1.54, 1.807) is 4.90 Å². The van der Waals surface area contributed by atoms with Gasteiger partial charge in [0.05, 0.1) is 19.6 Å². The first kappa shape index (κ1) is 19.4. The van der Waals surface area contributed by atoms with Crippen molar-refractivity contribution in [3.05, 3.63) is 65.2 Å². The van der Waals surface area contributed by atoms with Gasteiger partial charge in [0, 0.05) is 11.3 Å². The van der Waals surface area contributed by atoms with E-state index in [0.717, 1.165) is 25.3 Å². The van der Waals surface area contributed by atoms with Gasteiger partial charge in [-0.15, -0.1) is 0 Å². The fourth-order valence-electron chi connectivity index (χ4n) is 3.12. The van der Waals surface area contributed by atoms with E-state index in [1.165, 1.54) is 16.7 Å². The number of hydrogen-bond donors (Lipinski definition) is 3. The molecule has 0 amide bonds. The summed E-state index contributed by atoms with van der Waals surface area (Å²) in [6, 6.07) is 17.4. The second-order valence-corrected chi connectivity index (χ2v) is 6.87. The van der Waals surface area contributed by atoms with Crippen LogP contribution in [0.4, 0.5) is 5.69 Å². The van der Waals surface area contributed by atoms with E-state index in [1.807, 2.05) is 0 Å². The number of aryl methyl sites for hydroxylation is 2. The fraction of sp³-hybridized carbons (Fsp3) is 0.381. The molecule has 0 radical (unpaired) electrons. The number of hydrogen-bond acceptors (Lipinski definition) is 1. The van der Waals surface area contributed by atoms with Crippen molar-refractivity contribution in [2.45, 2.75) is 33.7 Å². The van der Waals surface area contributed by atoms with Crippen molar-refractivity contribution in [2.24, 2.45) is 0 Å². The predicted molar refractivity (Wildman–Crippen MR) is 111 cm³/mol. The number of nitrogens with one attached hydrogen (secondary N) is 3. The molecule has 0 bridgehead atoms. The molecule has 2 aromatic rings. The van der Waals surface area contributed by atoms with Crippen LogP contribution in [-0.4, -0.2) is 24.7 Å². The molecular weight excluding hydrogens is 326 g/mol. The molecule has 0 spiro atoms. The molecule has 0 unspecified atom stereocenters. The smallest absolute Gasteiger partial charge is 0.171 e. The summed E-state index contributed by atoms with van der Waals surface area (Å²) in [7, 11) is 0. The first-order valence-electron chi connectivity index (χ1n) is 9.06. The zero-order chi connectivity index (χ0) is 18.2. The molecule has 0 aromatic heterocycles. The summed E-state index contributed by atoms with van der Waals surface area (Å²) in [6.07, 6.45) is 0. The van der Waals surface area contributed by atoms with E-state index in [-0.39, 0.29) is 0 Å². The van der Waals surface area contributed by atoms with Crippen LogP contribution in [0.15, 0.2) is 48.5 Å².